The first-order chi connectivity index (χ1) is 15.4. The van der Waals surface area contributed by atoms with Crippen molar-refractivity contribution in [3.8, 4) is 11.3 Å². The number of nitrogens with one attached hydrogen (secondary N) is 3. The van der Waals surface area contributed by atoms with E-state index in [1.807, 2.05) is 55.5 Å². The van der Waals surface area contributed by atoms with Gasteiger partial charge in [0.25, 0.3) is 0 Å². The van der Waals surface area contributed by atoms with Gasteiger partial charge in [0, 0.05) is 29.7 Å². The van der Waals surface area contributed by atoms with Gasteiger partial charge in [0.05, 0.1) is 22.8 Å². The van der Waals surface area contributed by atoms with E-state index >= 15 is 0 Å². The SMILES string of the molecule is C=C(/C=C\Nc1ccc(-c2ccccn2)cc1F)C(=N)/C(=C/C(C)N)Nc1ccccc1. The number of halogens is 1. The Bertz CT molecular complexity index is 1140. The Morgan fingerprint density at radius 3 is 2.53 bits per heavy atom. The topological polar surface area (TPSA) is 86.8 Å². The van der Waals surface area contributed by atoms with Gasteiger partial charge in [-0.3, -0.25) is 10.4 Å². The van der Waals surface area contributed by atoms with Crippen LogP contribution in [0.5, 0.6) is 0 Å². The van der Waals surface area contributed by atoms with Gasteiger partial charge < -0.3 is 16.4 Å². The molecule has 0 aliphatic rings. The molecule has 0 amide bonds. The molecule has 0 fully saturated rings. The van der Waals surface area contributed by atoms with Crippen LogP contribution < -0.4 is 16.4 Å². The lowest BCUT2D eigenvalue weighted by Crippen LogP contribution is -2.19. The second kappa shape index (κ2) is 10.8. The Morgan fingerprint density at radius 1 is 1.12 bits per heavy atom. The van der Waals surface area contributed by atoms with E-state index in [-0.39, 0.29) is 11.8 Å². The third kappa shape index (κ3) is 6.23. The molecule has 3 aromatic rings. The van der Waals surface area contributed by atoms with Crippen molar-refractivity contribution in [2.45, 2.75) is 13.0 Å². The number of allylic oxidation sites excluding steroid dienone is 2. The monoisotopic (exact) mass is 427 g/mol. The van der Waals surface area contributed by atoms with Gasteiger partial charge in [0.15, 0.2) is 0 Å². The summed E-state index contributed by atoms with van der Waals surface area (Å²) in [6.45, 7) is 5.79. The number of rotatable bonds is 9. The normalized spacial score (nSPS) is 12.4. The molecular formula is C26H26FN5. The summed E-state index contributed by atoms with van der Waals surface area (Å²) in [5.41, 5.74) is 9.65. The molecule has 5 N–H and O–H groups in total. The molecule has 1 atom stereocenters. The van der Waals surface area contributed by atoms with Crippen LogP contribution in [0.25, 0.3) is 11.3 Å². The fourth-order valence-corrected chi connectivity index (χ4v) is 2.94. The first-order valence-electron chi connectivity index (χ1n) is 10.2. The highest BCUT2D eigenvalue weighted by Crippen LogP contribution is 2.23. The van der Waals surface area contributed by atoms with Gasteiger partial charge in [0.1, 0.15) is 5.82 Å². The van der Waals surface area contributed by atoms with Crippen LogP contribution in [0.1, 0.15) is 6.92 Å². The summed E-state index contributed by atoms with van der Waals surface area (Å²) in [7, 11) is 0. The standard InChI is InChI=1S/C26H26FN5/c1-18(26(29)25(16-19(2)28)32-21-8-4-3-5-9-21)13-15-31-24-12-11-20(17-22(24)27)23-10-6-7-14-30-23/h3-17,19,29,31-32H,1,28H2,2H3/b15-13-,25-16-,29-26?. The minimum Gasteiger partial charge on any atom is -0.359 e. The molecule has 0 aliphatic carbocycles. The molecule has 0 aliphatic heterocycles. The first kappa shape index (κ1) is 22.7. The quantitative estimate of drug-likeness (QED) is 0.259. The smallest absolute Gasteiger partial charge is 0.147 e. The number of hydrogen-bond acceptors (Lipinski definition) is 5. The van der Waals surface area contributed by atoms with Crippen molar-refractivity contribution in [1.82, 2.24) is 4.98 Å². The van der Waals surface area contributed by atoms with Crippen LogP contribution in [-0.2, 0) is 0 Å². The van der Waals surface area contributed by atoms with Gasteiger partial charge in [-0.2, -0.15) is 0 Å². The molecule has 6 heteroatoms. The van der Waals surface area contributed by atoms with Crippen molar-refractivity contribution in [3.63, 3.8) is 0 Å². The molecule has 32 heavy (non-hydrogen) atoms. The number of hydrogen-bond donors (Lipinski definition) is 4. The first-order valence-corrected chi connectivity index (χ1v) is 10.2. The molecule has 1 heterocycles. The van der Waals surface area contributed by atoms with E-state index in [0.717, 1.165) is 5.69 Å². The van der Waals surface area contributed by atoms with Crippen molar-refractivity contribution < 1.29 is 4.39 Å². The van der Waals surface area contributed by atoms with Crippen LogP contribution in [-0.4, -0.2) is 16.7 Å². The Hall–Kier alpha value is -4.03. The largest absolute Gasteiger partial charge is 0.359 e. The molecule has 0 radical (unpaired) electrons. The van der Waals surface area contributed by atoms with Crippen LogP contribution in [0.4, 0.5) is 15.8 Å². The highest BCUT2D eigenvalue weighted by atomic mass is 19.1. The lowest BCUT2D eigenvalue weighted by atomic mass is 10.1. The average molecular weight is 428 g/mol. The summed E-state index contributed by atoms with van der Waals surface area (Å²) in [6.07, 6.45) is 6.61. The minimum absolute atomic E-state index is 0.190. The summed E-state index contributed by atoms with van der Waals surface area (Å²) < 4.78 is 14.5. The van der Waals surface area contributed by atoms with Crippen molar-refractivity contribution in [2.75, 3.05) is 10.6 Å². The summed E-state index contributed by atoms with van der Waals surface area (Å²) in [5, 5.41) is 14.6. The zero-order chi connectivity index (χ0) is 22.9. The van der Waals surface area contributed by atoms with Gasteiger partial charge in [-0.25, -0.2) is 4.39 Å². The molecule has 3 rings (SSSR count). The number of anilines is 2. The number of pyridine rings is 1. The van der Waals surface area contributed by atoms with Crippen molar-refractivity contribution in [2.24, 2.45) is 5.73 Å². The van der Waals surface area contributed by atoms with E-state index < -0.39 is 5.82 Å². The molecule has 1 aromatic heterocycles. The maximum absolute atomic E-state index is 14.5. The average Bonchev–Trinajstić information content (AvgIpc) is 2.80. The summed E-state index contributed by atoms with van der Waals surface area (Å²) in [6, 6.07) is 19.7. The van der Waals surface area contributed by atoms with Crippen LogP contribution in [0, 0.1) is 11.2 Å². The van der Waals surface area contributed by atoms with Gasteiger partial charge in [0.2, 0.25) is 0 Å². The van der Waals surface area contributed by atoms with Crippen LogP contribution in [0.2, 0.25) is 0 Å². The Morgan fingerprint density at radius 2 is 1.88 bits per heavy atom. The van der Waals surface area contributed by atoms with Crippen LogP contribution >= 0.6 is 0 Å². The predicted octanol–water partition coefficient (Wildman–Crippen LogP) is 5.73. The zero-order valence-corrected chi connectivity index (χ0v) is 17.8. The number of benzene rings is 2. The van der Waals surface area contributed by atoms with E-state index in [2.05, 4.69) is 22.2 Å². The fraction of sp³-hybridized carbons (Fsp3) is 0.0769. The molecular weight excluding hydrogens is 401 g/mol. The summed E-state index contributed by atoms with van der Waals surface area (Å²) in [4.78, 5) is 4.23. The fourth-order valence-electron chi connectivity index (χ4n) is 2.94. The lowest BCUT2D eigenvalue weighted by Gasteiger charge is -2.14. The molecule has 0 bridgehead atoms. The van der Waals surface area contributed by atoms with Gasteiger partial charge >= 0.3 is 0 Å². The van der Waals surface area contributed by atoms with Crippen molar-refractivity contribution in [1.29, 1.82) is 5.41 Å². The number of nitrogens with two attached hydrogens (primary N) is 1. The van der Waals surface area contributed by atoms with E-state index in [4.69, 9.17) is 11.1 Å². The third-order valence-electron chi connectivity index (χ3n) is 4.53. The van der Waals surface area contributed by atoms with E-state index in [1.165, 1.54) is 6.07 Å². The third-order valence-corrected chi connectivity index (χ3v) is 4.53. The zero-order valence-electron chi connectivity index (χ0n) is 17.8. The van der Waals surface area contributed by atoms with E-state index in [0.29, 0.717) is 28.2 Å². The lowest BCUT2D eigenvalue weighted by molar-refractivity contribution is 0.632. The van der Waals surface area contributed by atoms with E-state index in [1.54, 1.807) is 36.7 Å². The van der Waals surface area contributed by atoms with Gasteiger partial charge in [-0.1, -0.05) is 36.9 Å². The highest BCUT2D eigenvalue weighted by molar-refractivity contribution is 6.13. The predicted molar refractivity (Wildman–Crippen MR) is 131 cm³/mol. The molecule has 0 spiro atoms. The number of nitrogens with zero attached hydrogens (tertiary/aromatic N) is 1. The number of para-hydroxylation sites is 1. The van der Waals surface area contributed by atoms with E-state index in [9.17, 15) is 4.39 Å². The maximum atomic E-state index is 14.5. The Kier molecular flexibility index (Phi) is 7.67. The second-order valence-corrected chi connectivity index (χ2v) is 7.22. The molecule has 0 saturated heterocycles. The molecule has 162 valence electrons. The summed E-state index contributed by atoms with van der Waals surface area (Å²) in [5.74, 6) is -0.401. The van der Waals surface area contributed by atoms with Crippen LogP contribution in [0.15, 0.2) is 109 Å². The van der Waals surface area contributed by atoms with Gasteiger partial charge in [-0.15, -0.1) is 0 Å². The molecule has 0 saturated carbocycles. The Labute approximate surface area is 187 Å². The molecule has 1 unspecified atom stereocenters. The second-order valence-electron chi connectivity index (χ2n) is 7.22. The molecule has 5 nitrogen and oxygen atoms in total. The Balaban J connectivity index is 1.67. The van der Waals surface area contributed by atoms with Crippen molar-refractivity contribution in [3.05, 3.63) is 115 Å². The minimum atomic E-state index is -0.401. The summed E-state index contributed by atoms with van der Waals surface area (Å²) >= 11 is 0. The number of aromatic nitrogens is 1. The molecule has 2 aromatic carbocycles. The maximum Gasteiger partial charge on any atom is 0.147 e. The van der Waals surface area contributed by atoms with Crippen LogP contribution in [0.3, 0.4) is 0 Å². The van der Waals surface area contributed by atoms with Gasteiger partial charge in [-0.05, 0) is 61.0 Å². The highest BCUT2D eigenvalue weighted by Gasteiger charge is 2.09. The van der Waals surface area contributed by atoms with Crippen molar-refractivity contribution >= 4 is 17.1 Å².